The molecule has 2 fully saturated rings. The SMILES string of the molecule is O=C(c1cc[nH]c1)N1CCC2(CCN(Cc3ccccc3)CC2)CC1. The molecule has 4 rings (SSSR count). The Bertz CT molecular complexity index is 677. The van der Waals surface area contributed by atoms with Gasteiger partial charge in [0.05, 0.1) is 5.56 Å². The molecule has 1 aromatic heterocycles. The Morgan fingerprint density at radius 3 is 2.28 bits per heavy atom. The number of carbonyl (C=O) groups is 1. The van der Waals surface area contributed by atoms with E-state index in [2.05, 4.69) is 40.2 Å². The molecule has 2 aliphatic heterocycles. The number of aromatic nitrogens is 1. The Hall–Kier alpha value is -2.07. The summed E-state index contributed by atoms with van der Waals surface area (Å²) < 4.78 is 0. The van der Waals surface area contributed by atoms with E-state index >= 15 is 0 Å². The van der Waals surface area contributed by atoms with Crippen molar-refractivity contribution in [3.05, 3.63) is 59.9 Å². The third-order valence-corrected chi connectivity index (χ3v) is 6.12. The van der Waals surface area contributed by atoms with Crippen LogP contribution in [0, 0.1) is 5.41 Å². The molecule has 2 saturated heterocycles. The van der Waals surface area contributed by atoms with E-state index in [1.54, 1.807) is 6.20 Å². The Labute approximate surface area is 149 Å². The van der Waals surface area contributed by atoms with Crippen LogP contribution in [-0.4, -0.2) is 46.9 Å². The highest BCUT2D eigenvalue weighted by molar-refractivity contribution is 5.94. The first-order chi connectivity index (χ1) is 12.2. The van der Waals surface area contributed by atoms with Crippen LogP contribution in [-0.2, 0) is 6.54 Å². The van der Waals surface area contributed by atoms with Crippen molar-refractivity contribution in [1.29, 1.82) is 0 Å². The molecule has 0 atom stereocenters. The minimum Gasteiger partial charge on any atom is -0.367 e. The van der Waals surface area contributed by atoms with Crippen LogP contribution in [0.2, 0.25) is 0 Å². The molecule has 1 spiro atoms. The Kier molecular flexibility index (Phi) is 4.62. The van der Waals surface area contributed by atoms with Gasteiger partial charge < -0.3 is 9.88 Å². The van der Waals surface area contributed by atoms with E-state index in [1.807, 2.05) is 17.2 Å². The number of carbonyl (C=O) groups excluding carboxylic acids is 1. The Morgan fingerprint density at radius 2 is 1.64 bits per heavy atom. The van der Waals surface area contributed by atoms with Gasteiger partial charge in [-0.15, -0.1) is 0 Å². The lowest BCUT2D eigenvalue weighted by molar-refractivity contribution is 0.0285. The number of rotatable bonds is 3. The molecule has 3 heterocycles. The molecule has 0 radical (unpaired) electrons. The van der Waals surface area contributed by atoms with Crippen LogP contribution < -0.4 is 0 Å². The third-order valence-electron chi connectivity index (χ3n) is 6.12. The number of likely N-dealkylation sites (tertiary alicyclic amines) is 2. The van der Waals surface area contributed by atoms with E-state index < -0.39 is 0 Å². The van der Waals surface area contributed by atoms with Crippen LogP contribution in [0.3, 0.4) is 0 Å². The molecule has 0 unspecified atom stereocenters. The molecule has 25 heavy (non-hydrogen) atoms. The van der Waals surface area contributed by atoms with Gasteiger partial charge in [-0.2, -0.15) is 0 Å². The van der Waals surface area contributed by atoms with Crippen molar-refractivity contribution in [3.63, 3.8) is 0 Å². The first-order valence-corrected chi connectivity index (χ1v) is 9.43. The van der Waals surface area contributed by atoms with E-state index in [0.717, 1.165) is 38.0 Å². The smallest absolute Gasteiger partial charge is 0.255 e. The summed E-state index contributed by atoms with van der Waals surface area (Å²) in [6.07, 6.45) is 8.47. The van der Waals surface area contributed by atoms with Crippen molar-refractivity contribution in [3.8, 4) is 0 Å². The lowest BCUT2D eigenvalue weighted by Crippen LogP contribution is -2.48. The summed E-state index contributed by atoms with van der Waals surface area (Å²) in [7, 11) is 0. The molecule has 1 aromatic carbocycles. The normalized spacial score (nSPS) is 20.7. The fourth-order valence-electron chi connectivity index (χ4n) is 4.35. The average Bonchev–Trinajstić information content (AvgIpc) is 3.20. The van der Waals surface area contributed by atoms with Gasteiger partial charge in [-0.05, 0) is 55.8 Å². The topological polar surface area (TPSA) is 39.3 Å². The molecule has 132 valence electrons. The van der Waals surface area contributed by atoms with Crippen LogP contribution in [0.5, 0.6) is 0 Å². The molecule has 0 saturated carbocycles. The minimum absolute atomic E-state index is 0.178. The number of nitrogens with zero attached hydrogens (tertiary/aromatic N) is 2. The van der Waals surface area contributed by atoms with Gasteiger partial charge in [0.2, 0.25) is 0 Å². The van der Waals surface area contributed by atoms with Crippen molar-refractivity contribution in [2.24, 2.45) is 5.41 Å². The van der Waals surface area contributed by atoms with Crippen molar-refractivity contribution >= 4 is 5.91 Å². The molecule has 1 N–H and O–H groups in total. The zero-order valence-electron chi connectivity index (χ0n) is 14.8. The third kappa shape index (κ3) is 3.64. The van der Waals surface area contributed by atoms with Crippen molar-refractivity contribution in [2.75, 3.05) is 26.2 Å². The average molecular weight is 337 g/mol. The number of nitrogens with one attached hydrogen (secondary N) is 1. The largest absolute Gasteiger partial charge is 0.367 e. The first-order valence-electron chi connectivity index (χ1n) is 9.43. The second-order valence-corrected chi connectivity index (χ2v) is 7.65. The predicted molar refractivity (Wildman–Crippen MR) is 99.3 cm³/mol. The van der Waals surface area contributed by atoms with Gasteiger partial charge in [0.25, 0.3) is 5.91 Å². The molecule has 0 bridgehead atoms. The predicted octanol–water partition coefficient (Wildman–Crippen LogP) is 3.53. The molecule has 1 amide bonds. The fraction of sp³-hybridized carbons (Fsp3) is 0.476. The highest BCUT2D eigenvalue weighted by atomic mass is 16.2. The van der Waals surface area contributed by atoms with Crippen LogP contribution >= 0.6 is 0 Å². The van der Waals surface area contributed by atoms with Gasteiger partial charge in [0.15, 0.2) is 0 Å². The molecule has 2 aliphatic rings. The zero-order valence-corrected chi connectivity index (χ0v) is 14.8. The quantitative estimate of drug-likeness (QED) is 0.930. The standard InChI is InChI=1S/C21H27N3O/c25-20(19-6-11-22-16-19)24-14-9-21(10-15-24)7-12-23(13-8-21)17-18-4-2-1-3-5-18/h1-6,11,16,22H,7-10,12-15,17H2. The monoisotopic (exact) mass is 337 g/mol. The summed E-state index contributed by atoms with van der Waals surface area (Å²) >= 11 is 0. The van der Waals surface area contributed by atoms with Gasteiger partial charge >= 0.3 is 0 Å². The second-order valence-electron chi connectivity index (χ2n) is 7.65. The van der Waals surface area contributed by atoms with E-state index in [4.69, 9.17) is 0 Å². The number of hydrogen-bond acceptors (Lipinski definition) is 2. The molecular weight excluding hydrogens is 310 g/mol. The van der Waals surface area contributed by atoms with E-state index in [0.29, 0.717) is 5.41 Å². The highest BCUT2D eigenvalue weighted by Crippen LogP contribution is 2.41. The molecular formula is C21H27N3O. The summed E-state index contributed by atoms with van der Waals surface area (Å²) in [5.74, 6) is 0.178. The molecule has 4 nitrogen and oxygen atoms in total. The van der Waals surface area contributed by atoms with Gasteiger partial charge in [0, 0.05) is 32.0 Å². The summed E-state index contributed by atoms with van der Waals surface area (Å²) in [5.41, 5.74) is 2.65. The lowest BCUT2D eigenvalue weighted by atomic mass is 9.71. The fourth-order valence-corrected chi connectivity index (χ4v) is 4.35. The highest BCUT2D eigenvalue weighted by Gasteiger charge is 2.38. The number of H-pyrrole nitrogens is 1. The van der Waals surface area contributed by atoms with Crippen LogP contribution in [0.1, 0.15) is 41.6 Å². The van der Waals surface area contributed by atoms with Gasteiger partial charge in [-0.1, -0.05) is 30.3 Å². The first kappa shape index (κ1) is 16.4. The second kappa shape index (κ2) is 7.04. The number of amides is 1. The van der Waals surface area contributed by atoms with Crippen molar-refractivity contribution < 1.29 is 4.79 Å². The summed E-state index contributed by atoms with van der Waals surface area (Å²) in [6.45, 7) is 5.24. The van der Waals surface area contributed by atoms with E-state index in [1.165, 1.54) is 31.5 Å². The summed E-state index contributed by atoms with van der Waals surface area (Å²) in [4.78, 5) is 20.1. The lowest BCUT2D eigenvalue weighted by Gasteiger charge is -2.47. The molecule has 4 heteroatoms. The summed E-state index contributed by atoms with van der Waals surface area (Å²) in [5, 5.41) is 0. The number of aromatic amines is 1. The van der Waals surface area contributed by atoms with Crippen molar-refractivity contribution in [1.82, 2.24) is 14.8 Å². The van der Waals surface area contributed by atoms with Crippen molar-refractivity contribution in [2.45, 2.75) is 32.2 Å². The van der Waals surface area contributed by atoms with Gasteiger partial charge in [-0.25, -0.2) is 0 Å². The molecule has 0 aliphatic carbocycles. The maximum absolute atomic E-state index is 12.5. The Morgan fingerprint density at radius 1 is 0.960 bits per heavy atom. The van der Waals surface area contributed by atoms with Gasteiger partial charge in [-0.3, -0.25) is 9.69 Å². The molecule has 2 aromatic rings. The van der Waals surface area contributed by atoms with Crippen LogP contribution in [0.15, 0.2) is 48.8 Å². The number of benzene rings is 1. The maximum atomic E-state index is 12.5. The van der Waals surface area contributed by atoms with Crippen LogP contribution in [0.25, 0.3) is 0 Å². The Balaban J connectivity index is 1.29. The van der Waals surface area contributed by atoms with Crippen LogP contribution in [0.4, 0.5) is 0 Å². The van der Waals surface area contributed by atoms with E-state index in [-0.39, 0.29) is 5.91 Å². The maximum Gasteiger partial charge on any atom is 0.255 e. The zero-order chi connectivity index (χ0) is 17.1. The van der Waals surface area contributed by atoms with Gasteiger partial charge in [0.1, 0.15) is 0 Å². The minimum atomic E-state index is 0.178. The summed E-state index contributed by atoms with van der Waals surface area (Å²) in [6, 6.07) is 12.6. The van der Waals surface area contributed by atoms with E-state index in [9.17, 15) is 4.79 Å². The number of piperidine rings is 2. The number of hydrogen-bond donors (Lipinski definition) is 1.